The molecule has 4 heterocycles. The van der Waals surface area contributed by atoms with Crippen molar-refractivity contribution < 1.29 is 24.3 Å². The van der Waals surface area contributed by atoms with Crippen LogP contribution in [0.2, 0.25) is 0 Å². The van der Waals surface area contributed by atoms with Crippen molar-refractivity contribution in [2.45, 2.75) is 21.5 Å². The predicted molar refractivity (Wildman–Crippen MR) is 145 cm³/mol. The van der Waals surface area contributed by atoms with Gasteiger partial charge in [-0.3, -0.25) is 19.9 Å². The molecule has 1 saturated heterocycles. The molecule has 0 bridgehead atoms. The van der Waals surface area contributed by atoms with Gasteiger partial charge in [-0.25, -0.2) is 19.7 Å². The standard InChI is InChI=1S/C20H21N9O5S4/c1-34-28-13(9-5-38-20(23)26-9)16(30)27-14-17(31)29-15(19(32)33)8(4-37-18(14)29)3-35-11-2-12(25-7-24-11)36-6-10(21)22/h2,5,7,14,18H,3-4,6H2,1H3,(H3,21,22)(H2,23,26)(H,27,30)(H,32,33)/b28-13-/t14-,18+/m1/s1. The van der Waals surface area contributed by atoms with Gasteiger partial charge in [-0.05, 0) is 5.57 Å². The van der Waals surface area contributed by atoms with Crippen molar-refractivity contribution in [2.24, 2.45) is 10.9 Å². The Morgan fingerprint density at radius 2 is 2.11 bits per heavy atom. The molecule has 2 aromatic heterocycles. The number of carbonyl (C=O) groups is 3. The number of aliphatic carboxylic acids is 1. The second kappa shape index (κ2) is 12.0. The molecule has 2 aromatic rings. The number of anilines is 1. The maximum absolute atomic E-state index is 13.0. The number of rotatable bonds is 11. The summed E-state index contributed by atoms with van der Waals surface area (Å²) < 4.78 is 0. The van der Waals surface area contributed by atoms with E-state index in [-0.39, 0.29) is 33.8 Å². The fraction of sp³-hybridized carbons (Fsp3) is 0.300. The molecule has 0 aliphatic carbocycles. The van der Waals surface area contributed by atoms with Gasteiger partial charge in [-0.2, -0.15) is 0 Å². The van der Waals surface area contributed by atoms with E-state index in [1.165, 1.54) is 59.0 Å². The average Bonchev–Trinajstić information content (AvgIpc) is 3.32. The Labute approximate surface area is 232 Å². The Bertz CT molecular complexity index is 1350. The van der Waals surface area contributed by atoms with Crippen LogP contribution in [0.25, 0.3) is 0 Å². The maximum Gasteiger partial charge on any atom is 0.352 e. The van der Waals surface area contributed by atoms with Crippen LogP contribution in [0.4, 0.5) is 5.13 Å². The number of nitrogens with zero attached hydrogens (tertiary/aromatic N) is 5. The Morgan fingerprint density at radius 3 is 2.74 bits per heavy atom. The van der Waals surface area contributed by atoms with Crippen molar-refractivity contribution in [3.8, 4) is 0 Å². The van der Waals surface area contributed by atoms with Crippen LogP contribution >= 0.6 is 46.6 Å². The van der Waals surface area contributed by atoms with E-state index in [0.29, 0.717) is 27.1 Å². The zero-order chi connectivity index (χ0) is 27.4. The van der Waals surface area contributed by atoms with Crippen LogP contribution in [0.3, 0.4) is 0 Å². The van der Waals surface area contributed by atoms with Crippen molar-refractivity contribution in [1.82, 2.24) is 25.2 Å². The van der Waals surface area contributed by atoms with Crippen LogP contribution < -0.4 is 16.8 Å². The first-order chi connectivity index (χ1) is 18.2. The minimum atomic E-state index is -1.23. The van der Waals surface area contributed by atoms with Crippen molar-refractivity contribution in [3.05, 3.63) is 34.7 Å². The van der Waals surface area contributed by atoms with Crippen LogP contribution in [0.15, 0.2) is 44.3 Å². The molecule has 14 nitrogen and oxygen atoms in total. The fourth-order valence-electron chi connectivity index (χ4n) is 3.49. The van der Waals surface area contributed by atoms with Crippen molar-refractivity contribution in [3.63, 3.8) is 0 Å². The number of nitrogen functional groups attached to an aromatic ring is 1. The van der Waals surface area contributed by atoms with E-state index in [2.05, 4.69) is 25.4 Å². The first-order valence-electron chi connectivity index (χ1n) is 10.6. The third kappa shape index (κ3) is 6.03. The molecule has 0 spiro atoms. The molecule has 38 heavy (non-hydrogen) atoms. The van der Waals surface area contributed by atoms with E-state index in [0.717, 1.165) is 11.3 Å². The molecule has 200 valence electrons. The molecule has 2 aliphatic heterocycles. The molecule has 0 unspecified atom stereocenters. The largest absolute Gasteiger partial charge is 0.477 e. The SMILES string of the molecule is CO/N=C(\C(=O)N[C@@H]1C(=O)N2C(C(=O)O)=C(CSc3cc(SCC(=N)N)ncn3)CS[C@@H]12)c1csc(N)n1. The van der Waals surface area contributed by atoms with Gasteiger partial charge in [0.15, 0.2) is 10.8 Å². The Hall–Kier alpha value is -3.35. The number of thiazole rings is 1. The van der Waals surface area contributed by atoms with Gasteiger partial charge in [-0.1, -0.05) is 16.9 Å². The van der Waals surface area contributed by atoms with Crippen LogP contribution in [0.1, 0.15) is 5.69 Å². The number of oxime groups is 1. The van der Waals surface area contributed by atoms with Gasteiger partial charge in [0.2, 0.25) is 0 Å². The van der Waals surface area contributed by atoms with E-state index >= 15 is 0 Å². The van der Waals surface area contributed by atoms with Crippen LogP contribution in [0, 0.1) is 5.41 Å². The predicted octanol–water partition coefficient (Wildman–Crippen LogP) is 0.425. The summed E-state index contributed by atoms with van der Waals surface area (Å²) in [6, 6.07) is 0.782. The summed E-state index contributed by atoms with van der Waals surface area (Å²) in [7, 11) is 1.27. The number of nitrogens with two attached hydrogens (primary N) is 2. The number of amides is 2. The second-order valence-electron chi connectivity index (χ2n) is 7.61. The first-order valence-corrected chi connectivity index (χ1v) is 14.5. The van der Waals surface area contributed by atoms with E-state index in [1.54, 1.807) is 6.07 Å². The summed E-state index contributed by atoms with van der Waals surface area (Å²) in [4.78, 5) is 56.3. The van der Waals surface area contributed by atoms with Crippen LogP contribution in [0.5, 0.6) is 0 Å². The number of hydrogen-bond acceptors (Lipinski definition) is 14. The Balaban J connectivity index is 1.45. The number of amidine groups is 1. The Morgan fingerprint density at radius 1 is 1.37 bits per heavy atom. The number of carboxylic acids is 1. The molecule has 2 aliphatic rings. The lowest BCUT2D eigenvalue weighted by Crippen LogP contribution is -2.71. The molecule has 0 saturated carbocycles. The topological polar surface area (TPSA) is 223 Å². The number of carbonyl (C=O) groups excluding carboxylic acids is 2. The highest BCUT2D eigenvalue weighted by atomic mass is 32.2. The van der Waals surface area contributed by atoms with E-state index < -0.39 is 29.2 Å². The van der Waals surface area contributed by atoms with Gasteiger partial charge in [0.05, 0.1) is 5.75 Å². The molecule has 4 rings (SSSR count). The number of thioether (sulfide) groups is 3. The van der Waals surface area contributed by atoms with Crippen molar-refractivity contribution in [1.29, 1.82) is 5.41 Å². The summed E-state index contributed by atoms with van der Waals surface area (Å²) in [5.74, 6) is -1.53. The molecular formula is C20H21N9O5S4. The van der Waals surface area contributed by atoms with Gasteiger partial charge in [0.1, 0.15) is 52.1 Å². The maximum atomic E-state index is 13.0. The molecule has 0 radical (unpaired) electrons. The number of β-lactam (4-membered cyclic amide) rings is 1. The normalized spacial score (nSPS) is 19.0. The molecule has 18 heteroatoms. The van der Waals surface area contributed by atoms with Gasteiger partial charge < -0.3 is 26.7 Å². The van der Waals surface area contributed by atoms with Crippen molar-refractivity contribution >= 4 is 81.1 Å². The third-order valence-corrected chi connectivity index (χ3v) is 9.09. The quantitative estimate of drug-likeness (QED) is 0.0594. The van der Waals surface area contributed by atoms with Gasteiger partial charge in [0, 0.05) is 23.0 Å². The third-order valence-electron chi connectivity index (χ3n) is 5.09. The molecule has 1 fully saturated rings. The molecule has 2 amide bonds. The highest BCUT2D eigenvalue weighted by Crippen LogP contribution is 2.41. The van der Waals surface area contributed by atoms with Crippen LogP contribution in [-0.2, 0) is 19.2 Å². The zero-order valence-electron chi connectivity index (χ0n) is 19.6. The summed E-state index contributed by atoms with van der Waals surface area (Å²) in [5.41, 5.74) is 11.5. The lowest BCUT2D eigenvalue weighted by atomic mass is 10.0. The van der Waals surface area contributed by atoms with E-state index in [9.17, 15) is 19.5 Å². The molecule has 0 aromatic carbocycles. The van der Waals surface area contributed by atoms with Gasteiger partial charge in [0.25, 0.3) is 11.8 Å². The highest BCUT2D eigenvalue weighted by molar-refractivity contribution is 8.01. The number of carboxylic acid groups (broad SMARTS) is 1. The summed E-state index contributed by atoms with van der Waals surface area (Å²) in [6.45, 7) is 0. The number of nitrogens with one attached hydrogen (secondary N) is 2. The number of fused-ring (bicyclic) bond motifs is 1. The van der Waals surface area contributed by atoms with E-state index in [1.807, 2.05) is 0 Å². The first kappa shape index (κ1) is 27.7. The van der Waals surface area contributed by atoms with Crippen molar-refractivity contribution in [2.75, 3.05) is 30.1 Å². The smallest absolute Gasteiger partial charge is 0.352 e. The van der Waals surface area contributed by atoms with E-state index in [4.69, 9.17) is 21.7 Å². The molecular weight excluding hydrogens is 575 g/mol. The monoisotopic (exact) mass is 595 g/mol. The van der Waals surface area contributed by atoms with Crippen LogP contribution in [-0.4, -0.2) is 90.1 Å². The Kier molecular flexibility index (Phi) is 8.75. The van der Waals surface area contributed by atoms with Gasteiger partial charge >= 0.3 is 5.97 Å². The number of aromatic nitrogens is 3. The average molecular weight is 596 g/mol. The minimum Gasteiger partial charge on any atom is -0.477 e. The fourth-order valence-corrected chi connectivity index (χ4v) is 7.08. The molecule has 7 N–H and O–H groups in total. The minimum absolute atomic E-state index is 0.0246. The summed E-state index contributed by atoms with van der Waals surface area (Å²) >= 11 is 5.07. The summed E-state index contributed by atoms with van der Waals surface area (Å²) in [6.07, 6.45) is 1.39. The highest BCUT2D eigenvalue weighted by Gasteiger charge is 2.54. The number of hydrogen-bond donors (Lipinski definition) is 5. The lowest BCUT2D eigenvalue weighted by Gasteiger charge is -2.49. The lowest BCUT2D eigenvalue weighted by molar-refractivity contribution is -0.150. The summed E-state index contributed by atoms with van der Waals surface area (Å²) in [5, 5.41) is 26.0. The van der Waals surface area contributed by atoms with Gasteiger partial charge in [-0.15, -0.1) is 34.9 Å². The zero-order valence-corrected chi connectivity index (χ0v) is 22.9. The molecule has 2 atom stereocenters. The second-order valence-corrected chi connectivity index (χ2v) is 11.6.